The van der Waals surface area contributed by atoms with Gasteiger partial charge in [0.2, 0.25) is 0 Å². The fourth-order valence-electron chi connectivity index (χ4n) is 2.38. The maximum atomic E-state index is 12.8. The number of rotatable bonds is 4. The summed E-state index contributed by atoms with van der Waals surface area (Å²) in [6, 6.07) is 14.4. The van der Waals surface area contributed by atoms with Crippen molar-refractivity contribution in [2.45, 2.75) is 12.7 Å². The quantitative estimate of drug-likeness (QED) is 0.564. The van der Waals surface area contributed by atoms with E-state index in [-0.39, 0.29) is 10.8 Å². The van der Waals surface area contributed by atoms with Gasteiger partial charge in [0.1, 0.15) is 5.02 Å². The first kappa shape index (κ1) is 19.2. The molecule has 1 aromatic heterocycles. The number of halogens is 4. The second-order valence-electron chi connectivity index (χ2n) is 5.67. The molecule has 0 saturated heterocycles. The van der Waals surface area contributed by atoms with Crippen LogP contribution in [-0.2, 0) is 12.7 Å². The first-order valence-electron chi connectivity index (χ1n) is 7.83. The zero-order chi connectivity index (χ0) is 19.4. The van der Waals surface area contributed by atoms with Gasteiger partial charge in [-0.25, -0.2) is 0 Å². The van der Waals surface area contributed by atoms with Crippen molar-refractivity contribution < 1.29 is 13.2 Å². The van der Waals surface area contributed by atoms with Gasteiger partial charge in [-0.3, -0.25) is 4.68 Å². The van der Waals surface area contributed by atoms with Gasteiger partial charge >= 0.3 is 6.18 Å². The number of nitrogens with one attached hydrogen (secondary N) is 2. The van der Waals surface area contributed by atoms with Crippen LogP contribution in [0.2, 0.25) is 5.02 Å². The third-order valence-electron chi connectivity index (χ3n) is 3.58. The second-order valence-corrected chi connectivity index (χ2v) is 6.48. The summed E-state index contributed by atoms with van der Waals surface area (Å²) in [7, 11) is 0. The van der Waals surface area contributed by atoms with Crippen LogP contribution in [0.5, 0.6) is 0 Å². The molecular weight excluding hydrogens is 397 g/mol. The summed E-state index contributed by atoms with van der Waals surface area (Å²) in [4.78, 5) is 0. The summed E-state index contributed by atoms with van der Waals surface area (Å²) in [6.45, 7) is 0.524. The van der Waals surface area contributed by atoms with Gasteiger partial charge in [0.25, 0.3) is 0 Å². The van der Waals surface area contributed by atoms with Gasteiger partial charge in [-0.1, -0.05) is 48.0 Å². The van der Waals surface area contributed by atoms with Gasteiger partial charge in [0.15, 0.2) is 10.9 Å². The Morgan fingerprint density at radius 2 is 1.81 bits per heavy atom. The average molecular weight is 411 g/mol. The molecule has 2 aromatic carbocycles. The summed E-state index contributed by atoms with van der Waals surface area (Å²) < 4.78 is 40.0. The minimum Gasteiger partial charge on any atom is -0.332 e. The Balaban J connectivity index is 1.66. The molecule has 0 atom stereocenters. The highest BCUT2D eigenvalue weighted by Gasteiger charge is 2.30. The van der Waals surface area contributed by atoms with Crippen LogP contribution in [0.15, 0.2) is 60.8 Å². The van der Waals surface area contributed by atoms with Crippen molar-refractivity contribution in [3.05, 3.63) is 76.9 Å². The molecule has 3 rings (SSSR count). The molecule has 0 spiro atoms. The monoisotopic (exact) mass is 410 g/mol. The van der Waals surface area contributed by atoms with Crippen molar-refractivity contribution in [3.8, 4) is 0 Å². The topological polar surface area (TPSA) is 41.9 Å². The molecule has 0 aliphatic carbocycles. The van der Waals surface area contributed by atoms with Crippen LogP contribution in [0.4, 0.5) is 24.7 Å². The lowest BCUT2D eigenvalue weighted by molar-refractivity contribution is -0.137. The van der Waals surface area contributed by atoms with E-state index in [1.165, 1.54) is 12.1 Å². The molecule has 0 bridgehead atoms. The first-order chi connectivity index (χ1) is 12.8. The van der Waals surface area contributed by atoms with E-state index in [0.717, 1.165) is 17.7 Å². The number of anilines is 2. The van der Waals surface area contributed by atoms with Crippen LogP contribution < -0.4 is 10.6 Å². The third-order valence-corrected chi connectivity index (χ3v) is 4.06. The zero-order valence-electron chi connectivity index (χ0n) is 13.8. The minimum atomic E-state index is -4.42. The highest BCUT2D eigenvalue weighted by atomic mass is 35.5. The number of benzene rings is 2. The molecule has 0 unspecified atom stereocenters. The molecule has 2 N–H and O–H groups in total. The third kappa shape index (κ3) is 5.21. The van der Waals surface area contributed by atoms with Crippen LogP contribution >= 0.6 is 23.8 Å². The van der Waals surface area contributed by atoms with Crippen molar-refractivity contribution in [1.82, 2.24) is 9.78 Å². The van der Waals surface area contributed by atoms with E-state index in [1.54, 1.807) is 10.9 Å². The van der Waals surface area contributed by atoms with Crippen LogP contribution in [0.25, 0.3) is 0 Å². The second kappa shape index (κ2) is 7.98. The molecule has 0 radical (unpaired) electrons. The fraction of sp³-hybridized carbons (Fsp3) is 0.111. The first-order valence-corrected chi connectivity index (χ1v) is 8.62. The van der Waals surface area contributed by atoms with E-state index in [2.05, 4.69) is 15.7 Å². The summed E-state index contributed by atoms with van der Waals surface area (Å²) in [5.41, 5.74) is 0.496. The van der Waals surface area contributed by atoms with Crippen molar-refractivity contribution in [3.63, 3.8) is 0 Å². The smallest absolute Gasteiger partial charge is 0.332 e. The zero-order valence-corrected chi connectivity index (χ0v) is 15.4. The number of nitrogens with zero attached hydrogens (tertiary/aromatic N) is 2. The summed E-state index contributed by atoms with van der Waals surface area (Å²) in [5, 5.41) is 10.2. The lowest BCUT2D eigenvalue weighted by Crippen LogP contribution is -2.20. The van der Waals surface area contributed by atoms with E-state index in [1.807, 2.05) is 30.3 Å². The number of hydrogen-bond donors (Lipinski definition) is 2. The molecule has 0 fully saturated rings. The Morgan fingerprint density at radius 1 is 1.07 bits per heavy atom. The van der Waals surface area contributed by atoms with Crippen molar-refractivity contribution in [1.29, 1.82) is 0 Å². The Labute approximate surface area is 164 Å². The molecule has 0 aliphatic rings. The molecule has 0 saturated carbocycles. The van der Waals surface area contributed by atoms with Gasteiger partial charge in [-0.2, -0.15) is 18.3 Å². The van der Waals surface area contributed by atoms with Gasteiger partial charge in [0.05, 0.1) is 12.1 Å². The van der Waals surface area contributed by atoms with Crippen LogP contribution in [0.1, 0.15) is 11.1 Å². The number of thiocarbonyl (C=S) groups is 1. The lowest BCUT2D eigenvalue weighted by atomic mass is 10.2. The Hall–Kier alpha value is -2.58. The van der Waals surface area contributed by atoms with Crippen molar-refractivity contribution >= 4 is 40.4 Å². The molecule has 0 aliphatic heterocycles. The maximum Gasteiger partial charge on any atom is 0.416 e. The average Bonchev–Trinajstić information content (AvgIpc) is 2.94. The van der Waals surface area contributed by atoms with Gasteiger partial charge in [0, 0.05) is 11.9 Å². The number of alkyl halides is 3. The fourth-order valence-corrected chi connectivity index (χ4v) is 2.79. The predicted molar refractivity (Wildman–Crippen MR) is 104 cm³/mol. The summed E-state index contributed by atoms with van der Waals surface area (Å²) in [5.74, 6) is 0.317. The molecule has 1 heterocycles. The largest absolute Gasteiger partial charge is 0.416 e. The van der Waals surface area contributed by atoms with E-state index < -0.39 is 11.7 Å². The van der Waals surface area contributed by atoms with Crippen LogP contribution in [-0.4, -0.2) is 14.9 Å². The maximum absolute atomic E-state index is 12.8. The van der Waals surface area contributed by atoms with Gasteiger partial charge in [-0.15, -0.1) is 0 Å². The van der Waals surface area contributed by atoms with E-state index in [0.29, 0.717) is 17.4 Å². The van der Waals surface area contributed by atoms with Gasteiger partial charge < -0.3 is 10.6 Å². The van der Waals surface area contributed by atoms with E-state index in [4.69, 9.17) is 23.8 Å². The highest BCUT2D eigenvalue weighted by Crippen LogP contribution is 2.30. The predicted octanol–water partition coefficient (Wildman–Crippen LogP) is 5.41. The SMILES string of the molecule is FC(F)(F)c1cccc(NC(=S)Nc2nn(Cc3ccccc3)cc2Cl)c1. The van der Waals surface area contributed by atoms with Crippen molar-refractivity contribution in [2.75, 3.05) is 10.6 Å². The molecule has 9 heteroatoms. The molecule has 140 valence electrons. The van der Waals surface area contributed by atoms with Crippen molar-refractivity contribution in [2.24, 2.45) is 0 Å². The normalized spacial score (nSPS) is 11.3. The van der Waals surface area contributed by atoms with Crippen LogP contribution in [0, 0.1) is 0 Å². The number of hydrogen-bond acceptors (Lipinski definition) is 2. The van der Waals surface area contributed by atoms with Gasteiger partial charge in [-0.05, 0) is 36.0 Å². The summed E-state index contributed by atoms with van der Waals surface area (Å²) >= 11 is 11.3. The Bertz CT molecular complexity index is 941. The standard InChI is InChI=1S/C18H14ClF3N4S/c19-15-11-26(10-12-5-2-1-3-6-12)25-16(15)24-17(27)23-14-8-4-7-13(9-14)18(20,21)22/h1-9,11H,10H2,(H2,23,24,25,27). The van der Waals surface area contributed by atoms with Crippen LogP contribution in [0.3, 0.4) is 0 Å². The van der Waals surface area contributed by atoms with E-state index >= 15 is 0 Å². The highest BCUT2D eigenvalue weighted by molar-refractivity contribution is 7.80. The molecule has 3 aromatic rings. The molecule has 27 heavy (non-hydrogen) atoms. The molecular formula is C18H14ClF3N4S. The Kier molecular flexibility index (Phi) is 5.67. The summed E-state index contributed by atoms with van der Waals surface area (Å²) in [6.07, 6.45) is -2.78. The lowest BCUT2D eigenvalue weighted by Gasteiger charge is -2.11. The molecule has 4 nitrogen and oxygen atoms in total. The number of aromatic nitrogens is 2. The Morgan fingerprint density at radius 3 is 2.52 bits per heavy atom. The minimum absolute atomic E-state index is 0.0844. The van der Waals surface area contributed by atoms with E-state index in [9.17, 15) is 13.2 Å². The molecule has 0 amide bonds.